The maximum atomic E-state index is 11.7. The minimum Gasteiger partial charge on any atom is -0.354 e. The van der Waals surface area contributed by atoms with Gasteiger partial charge in [-0.1, -0.05) is 6.92 Å². The Morgan fingerprint density at radius 3 is 2.55 bits per heavy atom. The lowest BCUT2D eigenvalue weighted by Gasteiger charge is -2.35. The first-order valence-corrected chi connectivity index (χ1v) is 7.26. The highest BCUT2D eigenvalue weighted by Gasteiger charge is 2.21. The van der Waals surface area contributed by atoms with E-state index in [-0.39, 0.29) is 5.91 Å². The van der Waals surface area contributed by atoms with E-state index >= 15 is 0 Å². The molecule has 0 aliphatic carbocycles. The van der Waals surface area contributed by atoms with Gasteiger partial charge in [-0.2, -0.15) is 4.98 Å². The molecule has 0 bridgehead atoms. The van der Waals surface area contributed by atoms with Crippen LogP contribution in [0.3, 0.4) is 0 Å². The number of piperazine rings is 1. The number of aromatic nitrogens is 2. The van der Waals surface area contributed by atoms with Crippen LogP contribution in [0, 0.1) is 6.92 Å². The van der Waals surface area contributed by atoms with Gasteiger partial charge in [-0.25, -0.2) is 4.98 Å². The lowest BCUT2D eigenvalue weighted by atomic mass is 10.2. The Morgan fingerprint density at radius 2 is 1.95 bits per heavy atom. The van der Waals surface area contributed by atoms with E-state index in [0.717, 1.165) is 44.2 Å². The Kier molecular flexibility index (Phi) is 4.76. The van der Waals surface area contributed by atoms with Gasteiger partial charge in [0, 0.05) is 50.9 Å². The predicted octanol–water partition coefficient (Wildman–Crippen LogP) is 1.28. The second kappa shape index (κ2) is 6.54. The molecular formula is C14H23N5O. The van der Waals surface area contributed by atoms with E-state index in [2.05, 4.69) is 20.2 Å². The highest BCUT2D eigenvalue weighted by Crippen LogP contribution is 2.17. The molecule has 110 valence electrons. The second-order valence-corrected chi connectivity index (χ2v) is 4.94. The molecule has 6 heteroatoms. The summed E-state index contributed by atoms with van der Waals surface area (Å²) in [5, 5.41) is 3.15. The maximum Gasteiger partial charge on any atom is 0.224 e. The molecule has 1 aliphatic heterocycles. The van der Waals surface area contributed by atoms with Crippen LogP contribution < -0.4 is 10.2 Å². The van der Waals surface area contributed by atoms with E-state index in [0.29, 0.717) is 12.4 Å². The smallest absolute Gasteiger partial charge is 0.224 e. The molecule has 0 atom stereocenters. The quantitative estimate of drug-likeness (QED) is 0.898. The predicted molar refractivity (Wildman–Crippen MR) is 80.0 cm³/mol. The zero-order chi connectivity index (χ0) is 14.5. The highest BCUT2D eigenvalue weighted by atomic mass is 16.2. The number of nitrogens with one attached hydrogen (secondary N) is 1. The Morgan fingerprint density at radius 1 is 1.25 bits per heavy atom. The van der Waals surface area contributed by atoms with Crippen molar-refractivity contribution in [3.63, 3.8) is 0 Å². The molecule has 2 heterocycles. The number of anilines is 2. The van der Waals surface area contributed by atoms with Gasteiger partial charge in [0.05, 0.1) is 0 Å². The standard InChI is InChI=1S/C14H23N5O/c1-4-13(20)19-8-6-18(7-9-19)12-10-11(3)16-14(17-12)15-5-2/h10H,4-9H2,1-3H3,(H,15,16,17). The van der Waals surface area contributed by atoms with Crippen LogP contribution in [0.1, 0.15) is 26.0 Å². The summed E-state index contributed by atoms with van der Waals surface area (Å²) in [5.41, 5.74) is 0.956. The van der Waals surface area contributed by atoms with Gasteiger partial charge in [-0.05, 0) is 13.8 Å². The topological polar surface area (TPSA) is 61.4 Å². The molecule has 1 fully saturated rings. The average molecular weight is 277 g/mol. The van der Waals surface area contributed by atoms with Gasteiger partial charge in [0.25, 0.3) is 0 Å². The summed E-state index contributed by atoms with van der Waals surface area (Å²) in [7, 11) is 0. The SMILES string of the molecule is CCNc1nc(C)cc(N2CCN(C(=O)CC)CC2)n1. The van der Waals surface area contributed by atoms with Crippen molar-refractivity contribution < 1.29 is 4.79 Å². The van der Waals surface area contributed by atoms with Crippen LogP contribution in [0.5, 0.6) is 0 Å². The zero-order valence-electron chi connectivity index (χ0n) is 12.5. The van der Waals surface area contributed by atoms with Gasteiger partial charge < -0.3 is 15.1 Å². The van der Waals surface area contributed by atoms with Gasteiger partial charge in [0.1, 0.15) is 5.82 Å². The van der Waals surface area contributed by atoms with E-state index in [1.54, 1.807) is 0 Å². The first-order chi connectivity index (χ1) is 9.63. The van der Waals surface area contributed by atoms with Crippen LogP contribution in [-0.2, 0) is 4.79 Å². The molecule has 1 saturated heterocycles. The van der Waals surface area contributed by atoms with Gasteiger partial charge >= 0.3 is 0 Å². The molecule has 2 rings (SSSR count). The van der Waals surface area contributed by atoms with Crippen LogP contribution in [-0.4, -0.2) is 53.5 Å². The molecule has 0 spiro atoms. The maximum absolute atomic E-state index is 11.7. The van der Waals surface area contributed by atoms with Crippen molar-refractivity contribution in [1.29, 1.82) is 0 Å². The van der Waals surface area contributed by atoms with Crippen molar-refractivity contribution in [2.45, 2.75) is 27.2 Å². The zero-order valence-corrected chi connectivity index (χ0v) is 12.5. The van der Waals surface area contributed by atoms with E-state index < -0.39 is 0 Å². The third kappa shape index (κ3) is 3.37. The number of hydrogen-bond donors (Lipinski definition) is 1. The van der Waals surface area contributed by atoms with E-state index in [1.807, 2.05) is 31.7 Å². The number of rotatable bonds is 4. The van der Waals surface area contributed by atoms with Crippen LogP contribution in [0.25, 0.3) is 0 Å². The monoisotopic (exact) mass is 277 g/mol. The summed E-state index contributed by atoms with van der Waals surface area (Å²) >= 11 is 0. The third-order valence-electron chi connectivity index (χ3n) is 3.43. The molecule has 0 saturated carbocycles. The van der Waals surface area contributed by atoms with Crippen LogP contribution in [0.4, 0.5) is 11.8 Å². The van der Waals surface area contributed by atoms with E-state index in [1.165, 1.54) is 0 Å². The summed E-state index contributed by atoms with van der Waals surface area (Å²) in [4.78, 5) is 24.7. The number of nitrogens with zero attached hydrogens (tertiary/aromatic N) is 4. The molecule has 1 aromatic heterocycles. The molecule has 0 aromatic carbocycles. The van der Waals surface area contributed by atoms with Crippen LogP contribution >= 0.6 is 0 Å². The van der Waals surface area contributed by atoms with Crippen molar-refractivity contribution in [2.75, 3.05) is 42.9 Å². The Bertz CT molecular complexity index is 469. The van der Waals surface area contributed by atoms with Crippen molar-refractivity contribution in [3.8, 4) is 0 Å². The Hall–Kier alpha value is -1.85. The first-order valence-electron chi connectivity index (χ1n) is 7.26. The van der Waals surface area contributed by atoms with Crippen LogP contribution in [0.15, 0.2) is 6.07 Å². The molecule has 1 aliphatic rings. The number of amides is 1. The molecular weight excluding hydrogens is 254 g/mol. The second-order valence-electron chi connectivity index (χ2n) is 4.94. The summed E-state index contributed by atoms with van der Waals surface area (Å²) in [6, 6.07) is 2.00. The summed E-state index contributed by atoms with van der Waals surface area (Å²) in [6.07, 6.45) is 0.581. The molecule has 1 N–H and O–H groups in total. The molecule has 6 nitrogen and oxygen atoms in total. The van der Waals surface area contributed by atoms with Gasteiger partial charge in [0.15, 0.2) is 0 Å². The average Bonchev–Trinajstić information content (AvgIpc) is 2.46. The van der Waals surface area contributed by atoms with Gasteiger partial charge in [-0.15, -0.1) is 0 Å². The fraction of sp³-hybridized carbons (Fsp3) is 0.643. The lowest BCUT2D eigenvalue weighted by Crippen LogP contribution is -2.48. The minimum absolute atomic E-state index is 0.233. The Labute approximate surface area is 120 Å². The first kappa shape index (κ1) is 14.6. The summed E-state index contributed by atoms with van der Waals surface area (Å²) in [5.74, 6) is 1.85. The number of carbonyl (C=O) groups excluding carboxylic acids is 1. The van der Waals surface area contributed by atoms with Crippen molar-refractivity contribution >= 4 is 17.7 Å². The molecule has 0 unspecified atom stereocenters. The van der Waals surface area contributed by atoms with Gasteiger partial charge in [0.2, 0.25) is 11.9 Å². The van der Waals surface area contributed by atoms with Crippen molar-refractivity contribution in [2.24, 2.45) is 0 Å². The summed E-state index contributed by atoms with van der Waals surface area (Å²) in [6.45, 7) is 9.91. The Balaban J connectivity index is 2.04. The number of hydrogen-bond acceptors (Lipinski definition) is 5. The van der Waals surface area contributed by atoms with Gasteiger partial charge in [-0.3, -0.25) is 4.79 Å². The van der Waals surface area contributed by atoms with Crippen LogP contribution in [0.2, 0.25) is 0 Å². The number of carbonyl (C=O) groups is 1. The fourth-order valence-electron chi connectivity index (χ4n) is 2.36. The fourth-order valence-corrected chi connectivity index (χ4v) is 2.36. The number of aryl methyl sites for hydroxylation is 1. The normalized spacial score (nSPS) is 15.3. The lowest BCUT2D eigenvalue weighted by molar-refractivity contribution is -0.131. The van der Waals surface area contributed by atoms with Crippen molar-refractivity contribution in [1.82, 2.24) is 14.9 Å². The van der Waals surface area contributed by atoms with Crippen molar-refractivity contribution in [3.05, 3.63) is 11.8 Å². The minimum atomic E-state index is 0.233. The molecule has 1 amide bonds. The van der Waals surface area contributed by atoms with E-state index in [9.17, 15) is 4.79 Å². The molecule has 0 radical (unpaired) electrons. The van der Waals surface area contributed by atoms with E-state index in [4.69, 9.17) is 0 Å². The molecule has 20 heavy (non-hydrogen) atoms. The largest absolute Gasteiger partial charge is 0.354 e. The highest BCUT2D eigenvalue weighted by molar-refractivity contribution is 5.76. The molecule has 1 aromatic rings. The third-order valence-corrected chi connectivity index (χ3v) is 3.43. The summed E-state index contributed by atoms with van der Waals surface area (Å²) < 4.78 is 0.